The standard InChI is InChI=1S/C13H15F3N4O2/c14-13(15,16)9-5-1-2-6-10(9)20(18)12(22)8-4-3-7-19(17)11(8)21/h1-2,5-6,8H,3-4,7,17-18H2/t8-/m1/s1. The van der Waals surface area contributed by atoms with Gasteiger partial charge in [0.25, 0.3) is 5.91 Å². The van der Waals surface area contributed by atoms with Gasteiger partial charge >= 0.3 is 6.18 Å². The van der Waals surface area contributed by atoms with E-state index < -0.39 is 35.2 Å². The molecule has 2 rings (SSSR count). The summed E-state index contributed by atoms with van der Waals surface area (Å²) in [5.74, 6) is 8.27. The summed E-state index contributed by atoms with van der Waals surface area (Å²) in [5.41, 5.74) is -1.54. The number of carbonyl (C=O) groups is 2. The van der Waals surface area contributed by atoms with Crippen LogP contribution in [0.5, 0.6) is 0 Å². The zero-order valence-corrected chi connectivity index (χ0v) is 11.5. The Kier molecular flexibility index (Phi) is 4.38. The van der Waals surface area contributed by atoms with Crippen LogP contribution in [0.15, 0.2) is 24.3 Å². The highest BCUT2D eigenvalue weighted by molar-refractivity contribution is 6.07. The number of amides is 2. The van der Waals surface area contributed by atoms with E-state index in [1.807, 2.05) is 0 Å². The molecule has 6 nitrogen and oxygen atoms in total. The van der Waals surface area contributed by atoms with Crippen LogP contribution in [0.25, 0.3) is 0 Å². The van der Waals surface area contributed by atoms with Gasteiger partial charge in [0.2, 0.25) is 5.91 Å². The van der Waals surface area contributed by atoms with Crippen molar-refractivity contribution < 1.29 is 22.8 Å². The Morgan fingerprint density at radius 3 is 2.59 bits per heavy atom. The molecule has 1 atom stereocenters. The van der Waals surface area contributed by atoms with Gasteiger partial charge in [-0.15, -0.1) is 0 Å². The second-order valence-electron chi connectivity index (χ2n) is 4.95. The van der Waals surface area contributed by atoms with E-state index in [1.165, 1.54) is 12.1 Å². The lowest BCUT2D eigenvalue weighted by Gasteiger charge is -2.30. The van der Waals surface area contributed by atoms with E-state index in [9.17, 15) is 22.8 Å². The molecule has 1 aromatic rings. The summed E-state index contributed by atoms with van der Waals surface area (Å²) in [6.07, 6.45) is -3.98. The van der Waals surface area contributed by atoms with Gasteiger partial charge in [0.1, 0.15) is 5.92 Å². The summed E-state index contributed by atoms with van der Waals surface area (Å²) in [4.78, 5) is 24.1. The molecule has 0 bridgehead atoms. The lowest BCUT2D eigenvalue weighted by atomic mass is 9.96. The number of hydrogen-bond donors (Lipinski definition) is 2. The third kappa shape index (κ3) is 3.04. The van der Waals surface area contributed by atoms with Gasteiger partial charge < -0.3 is 0 Å². The van der Waals surface area contributed by atoms with Crippen LogP contribution < -0.4 is 16.7 Å². The van der Waals surface area contributed by atoms with E-state index in [0.717, 1.165) is 17.1 Å². The minimum absolute atomic E-state index is 0.202. The topological polar surface area (TPSA) is 92.7 Å². The Morgan fingerprint density at radius 2 is 1.95 bits per heavy atom. The molecule has 9 heteroatoms. The smallest absolute Gasteiger partial charge is 0.280 e. The summed E-state index contributed by atoms with van der Waals surface area (Å²) >= 11 is 0. The second-order valence-corrected chi connectivity index (χ2v) is 4.95. The highest BCUT2D eigenvalue weighted by atomic mass is 19.4. The fourth-order valence-electron chi connectivity index (χ4n) is 2.34. The molecule has 1 fully saturated rings. The number of alkyl halides is 3. The molecular formula is C13H15F3N4O2. The lowest BCUT2D eigenvalue weighted by Crippen LogP contribution is -2.53. The van der Waals surface area contributed by atoms with Gasteiger partial charge in [-0.05, 0) is 25.0 Å². The highest BCUT2D eigenvalue weighted by Crippen LogP contribution is 2.36. The van der Waals surface area contributed by atoms with Crippen LogP contribution >= 0.6 is 0 Å². The third-order valence-electron chi connectivity index (χ3n) is 3.48. The molecule has 0 spiro atoms. The van der Waals surface area contributed by atoms with Gasteiger partial charge in [-0.3, -0.25) is 14.6 Å². The normalized spacial score (nSPS) is 19.2. The fourth-order valence-corrected chi connectivity index (χ4v) is 2.34. The molecular weight excluding hydrogens is 301 g/mol. The van der Waals surface area contributed by atoms with Crippen molar-refractivity contribution in [1.82, 2.24) is 5.01 Å². The molecule has 1 aliphatic rings. The van der Waals surface area contributed by atoms with E-state index in [2.05, 4.69) is 0 Å². The van der Waals surface area contributed by atoms with Gasteiger partial charge in [0, 0.05) is 6.54 Å². The molecule has 0 radical (unpaired) electrons. The van der Waals surface area contributed by atoms with Crippen LogP contribution in [0.1, 0.15) is 18.4 Å². The monoisotopic (exact) mass is 316 g/mol. The summed E-state index contributed by atoms with van der Waals surface area (Å²) < 4.78 is 38.9. The number of carbonyl (C=O) groups excluding carboxylic acids is 2. The first-order valence-electron chi connectivity index (χ1n) is 6.54. The summed E-state index contributed by atoms with van der Waals surface area (Å²) in [6.45, 7) is 0.298. The van der Waals surface area contributed by atoms with Crippen LogP contribution in [0.4, 0.5) is 18.9 Å². The first-order valence-corrected chi connectivity index (χ1v) is 6.54. The third-order valence-corrected chi connectivity index (χ3v) is 3.48. The average molecular weight is 316 g/mol. The fraction of sp³-hybridized carbons (Fsp3) is 0.385. The molecule has 0 aliphatic carbocycles. The van der Waals surface area contributed by atoms with E-state index in [-0.39, 0.29) is 6.42 Å². The number of benzene rings is 1. The quantitative estimate of drug-likeness (QED) is 0.369. The van der Waals surface area contributed by atoms with Gasteiger partial charge in [0.05, 0.1) is 11.3 Å². The zero-order valence-electron chi connectivity index (χ0n) is 11.5. The molecule has 120 valence electrons. The van der Waals surface area contributed by atoms with Crippen LogP contribution in [0.3, 0.4) is 0 Å². The maximum absolute atomic E-state index is 13.0. The Hall–Kier alpha value is -2.13. The molecule has 4 N–H and O–H groups in total. The first-order chi connectivity index (χ1) is 10.2. The molecule has 1 aliphatic heterocycles. The molecule has 0 aromatic heterocycles. The van der Waals surface area contributed by atoms with E-state index in [0.29, 0.717) is 18.0 Å². The Morgan fingerprint density at radius 1 is 1.32 bits per heavy atom. The predicted octanol–water partition coefficient (Wildman–Crippen LogP) is 1.02. The van der Waals surface area contributed by atoms with Crippen LogP contribution in [-0.4, -0.2) is 23.4 Å². The maximum atomic E-state index is 13.0. The van der Waals surface area contributed by atoms with E-state index >= 15 is 0 Å². The van der Waals surface area contributed by atoms with Crippen molar-refractivity contribution >= 4 is 17.5 Å². The number of nitrogens with two attached hydrogens (primary N) is 2. The number of piperidine rings is 1. The van der Waals surface area contributed by atoms with Crippen molar-refractivity contribution in [3.63, 3.8) is 0 Å². The molecule has 0 saturated carbocycles. The van der Waals surface area contributed by atoms with Crippen molar-refractivity contribution in [1.29, 1.82) is 0 Å². The van der Waals surface area contributed by atoms with E-state index in [1.54, 1.807) is 0 Å². The number of hydrogen-bond acceptors (Lipinski definition) is 4. The van der Waals surface area contributed by atoms with Crippen LogP contribution in [0, 0.1) is 5.92 Å². The average Bonchev–Trinajstić information content (AvgIpc) is 2.48. The molecule has 0 unspecified atom stereocenters. The molecule has 22 heavy (non-hydrogen) atoms. The van der Waals surface area contributed by atoms with Crippen molar-refractivity contribution in [2.75, 3.05) is 11.6 Å². The Balaban J connectivity index is 2.30. The summed E-state index contributed by atoms with van der Waals surface area (Å²) in [6, 6.07) is 4.42. The van der Waals surface area contributed by atoms with Crippen molar-refractivity contribution in [3.8, 4) is 0 Å². The largest absolute Gasteiger partial charge is 0.418 e. The van der Waals surface area contributed by atoms with Crippen LogP contribution in [0.2, 0.25) is 0 Å². The zero-order chi connectivity index (χ0) is 16.5. The Labute approximate surface area is 124 Å². The van der Waals surface area contributed by atoms with Crippen molar-refractivity contribution in [2.24, 2.45) is 17.6 Å². The number of hydrazine groups is 2. The number of rotatable bonds is 2. The van der Waals surface area contributed by atoms with Gasteiger partial charge in [0.15, 0.2) is 0 Å². The highest BCUT2D eigenvalue weighted by Gasteiger charge is 2.39. The minimum Gasteiger partial charge on any atom is -0.280 e. The molecule has 2 amide bonds. The number of halogens is 3. The molecule has 1 aromatic carbocycles. The second kappa shape index (κ2) is 5.93. The van der Waals surface area contributed by atoms with Crippen LogP contribution in [-0.2, 0) is 15.8 Å². The van der Waals surface area contributed by atoms with Gasteiger partial charge in [-0.1, -0.05) is 12.1 Å². The lowest BCUT2D eigenvalue weighted by molar-refractivity contribution is -0.144. The Bertz CT molecular complexity index is 591. The van der Waals surface area contributed by atoms with Gasteiger partial charge in [-0.25, -0.2) is 16.7 Å². The van der Waals surface area contributed by atoms with Crippen molar-refractivity contribution in [2.45, 2.75) is 19.0 Å². The number of para-hydroxylation sites is 1. The van der Waals surface area contributed by atoms with E-state index in [4.69, 9.17) is 11.7 Å². The van der Waals surface area contributed by atoms with Crippen molar-refractivity contribution in [3.05, 3.63) is 29.8 Å². The minimum atomic E-state index is -4.66. The summed E-state index contributed by atoms with van der Waals surface area (Å²) in [7, 11) is 0. The molecule has 1 saturated heterocycles. The number of nitrogens with zero attached hydrogens (tertiary/aromatic N) is 2. The van der Waals surface area contributed by atoms with Gasteiger partial charge in [-0.2, -0.15) is 13.2 Å². The molecule has 1 heterocycles. The SMILES string of the molecule is NN1CCC[C@@H](C(=O)N(N)c2ccccc2C(F)(F)F)C1=O. The summed E-state index contributed by atoms with van der Waals surface area (Å²) in [5, 5.41) is 1.26. The first kappa shape index (κ1) is 16.2. The predicted molar refractivity (Wildman–Crippen MR) is 71.7 cm³/mol. The maximum Gasteiger partial charge on any atom is 0.418 e. The number of anilines is 1.